The molecular weight excluding hydrogens is 514 g/mol. The first-order valence-corrected chi connectivity index (χ1v) is 15.9. The molecular formula is C35H47NO5. The number of carbonyl (C=O) groups is 1. The molecule has 1 aliphatic heterocycles. The molecule has 7 atom stereocenters. The average Bonchev–Trinajstić information content (AvgIpc) is 3.29. The van der Waals surface area contributed by atoms with Crippen LogP contribution >= 0.6 is 0 Å². The van der Waals surface area contributed by atoms with Crippen LogP contribution in [0.4, 0.5) is 0 Å². The Kier molecular flexibility index (Phi) is 7.82. The van der Waals surface area contributed by atoms with E-state index in [-0.39, 0.29) is 23.9 Å². The fourth-order valence-corrected chi connectivity index (χ4v) is 9.53. The van der Waals surface area contributed by atoms with Gasteiger partial charge in [0.05, 0.1) is 18.9 Å². The Labute approximate surface area is 245 Å². The first kappa shape index (κ1) is 28.5. The van der Waals surface area contributed by atoms with Crippen molar-refractivity contribution in [1.82, 2.24) is 0 Å². The van der Waals surface area contributed by atoms with Crippen molar-refractivity contribution < 1.29 is 24.2 Å². The number of aliphatic hydroxyl groups excluding tert-OH is 1. The number of aliphatic hydroxyl groups is 1. The van der Waals surface area contributed by atoms with E-state index in [4.69, 9.17) is 14.3 Å². The zero-order valence-corrected chi connectivity index (χ0v) is 25.1. The molecule has 6 rings (SSSR count). The predicted octanol–water partition coefficient (Wildman–Crippen LogP) is 7.50. The minimum atomic E-state index is -0.0937. The highest BCUT2D eigenvalue weighted by Crippen LogP contribution is 2.65. The van der Waals surface area contributed by atoms with Crippen LogP contribution in [0.2, 0.25) is 0 Å². The summed E-state index contributed by atoms with van der Waals surface area (Å²) in [6, 6.07) is 5.80. The number of hydrogen-bond donors (Lipinski definition) is 1. The van der Waals surface area contributed by atoms with Crippen LogP contribution in [0.15, 0.2) is 41.8 Å². The summed E-state index contributed by atoms with van der Waals surface area (Å²) in [4.78, 5) is 18.4. The van der Waals surface area contributed by atoms with Gasteiger partial charge in [-0.05, 0) is 123 Å². The zero-order valence-electron chi connectivity index (χ0n) is 25.1. The smallest absolute Gasteiger partial charge is 0.175 e. The second-order valence-electron chi connectivity index (χ2n) is 13.9. The molecule has 1 N–H and O–H groups in total. The molecule has 1 aromatic carbocycles. The minimum absolute atomic E-state index is 0.0427. The summed E-state index contributed by atoms with van der Waals surface area (Å²) in [7, 11) is 1.64. The highest BCUT2D eigenvalue weighted by atomic mass is 16.6. The number of Topliss-reactive ketones (excluding diaryl/α,β-unsaturated/α-hetero) is 1. The fourth-order valence-electron chi connectivity index (χ4n) is 9.53. The number of methoxy groups -OCH3 is 1. The minimum Gasteiger partial charge on any atom is -0.497 e. The molecule has 0 amide bonds. The lowest BCUT2D eigenvalue weighted by Gasteiger charge is -2.60. The fraction of sp³-hybridized carbons (Fsp3) is 0.657. The third-order valence-electron chi connectivity index (χ3n) is 11.8. The Balaban J connectivity index is 1.01. The van der Waals surface area contributed by atoms with Crippen LogP contribution < -0.4 is 9.47 Å². The molecule has 0 radical (unpaired) electrons. The van der Waals surface area contributed by atoms with Crippen LogP contribution in [0, 0.1) is 34.5 Å². The number of hydrogen-bond acceptors (Lipinski definition) is 6. The topological polar surface area (TPSA) is 77.4 Å². The van der Waals surface area contributed by atoms with Gasteiger partial charge in [0.25, 0.3) is 0 Å². The summed E-state index contributed by atoms with van der Waals surface area (Å²) >= 11 is 0. The van der Waals surface area contributed by atoms with Crippen molar-refractivity contribution in [2.24, 2.45) is 39.7 Å². The van der Waals surface area contributed by atoms with E-state index in [9.17, 15) is 9.90 Å². The monoisotopic (exact) mass is 561 g/mol. The Morgan fingerprint density at radius 1 is 1.15 bits per heavy atom. The lowest BCUT2D eigenvalue weighted by Crippen LogP contribution is -2.54. The Morgan fingerprint density at radius 2 is 2.00 bits per heavy atom. The lowest BCUT2D eigenvalue weighted by atomic mass is 9.45. The summed E-state index contributed by atoms with van der Waals surface area (Å²) in [5.41, 5.74) is 3.80. The van der Waals surface area contributed by atoms with Gasteiger partial charge >= 0.3 is 0 Å². The van der Waals surface area contributed by atoms with Crippen molar-refractivity contribution in [3.05, 3.63) is 42.2 Å². The van der Waals surface area contributed by atoms with Crippen molar-refractivity contribution >= 4 is 17.1 Å². The molecule has 4 saturated carbocycles. The summed E-state index contributed by atoms with van der Waals surface area (Å²) < 4.78 is 11.1. The maximum Gasteiger partial charge on any atom is 0.175 e. The number of benzene rings is 1. The molecule has 4 aliphatic carbocycles. The number of allylic oxidation sites excluding steroid dienone is 2. The quantitative estimate of drug-likeness (QED) is 0.333. The molecule has 4 fully saturated rings. The average molecular weight is 562 g/mol. The van der Waals surface area contributed by atoms with Crippen LogP contribution in [0.3, 0.4) is 0 Å². The standard InChI is InChI=1S/C35H47NO5/c1-22-18-23(28-11-9-27(39-4)20-32(28)41-22)6-5-7-26(38)21-40-36-33-13-12-30-29-10-8-24-19-25(37)14-16-34(24,2)31(29)15-17-35(30,33)3/h9,11,18,20,24-25,29-31,37H,1,5-8,10,12-17,19,21H2,2-4H3/b36-33-/t24-,25+,29-,30-,31-,34-,35-/m0/s1. The maximum absolute atomic E-state index is 12.7. The van der Waals surface area contributed by atoms with Crippen molar-refractivity contribution in [2.45, 2.75) is 97.0 Å². The van der Waals surface area contributed by atoms with Crippen LogP contribution in [0.1, 0.15) is 96.5 Å². The van der Waals surface area contributed by atoms with Gasteiger partial charge in [-0.3, -0.25) is 4.79 Å². The van der Waals surface area contributed by atoms with E-state index in [2.05, 4.69) is 25.6 Å². The number of rotatable bonds is 8. The zero-order chi connectivity index (χ0) is 28.8. The molecule has 0 unspecified atom stereocenters. The largest absolute Gasteiger partial charge is 0.497 e. The van der Waals surface area contributed by atoms with Crippen molar-refractivity contribution in [3.63, 3.8) is 0 Å². The van der Waals surface area contributed by atoms with Gasteiger partial charge in [-0.2, -0.15) is 0 Å². The molecule has 0 aromatic heterocycles. The van der Waals surface area contributed by atoms with E-state index in [1.165, 1.54) is 37.8 Å². The van der Waals surface area contributed by atoms with Crippen LogP contribution in [0.25, 0.3) is 5.57 Å². The molecule has 0 saturated heterocycles. The van der Waals surface area contributed by atoms with E-state index in [0.29, 0.717) is 29.4 Å². The van der Waals surface area contributed by atoms with Gasteiger partial charge in [0, 0.05) is 23.5 Å². The Morgan fingerprint density at radius 3 is 2.83 bits per heavy atom. The third-order valence-corrected chi connectivity index (χ3v) is 11.8. The first-order chi connectivity index (χ1) is 19.7. The molecule has 41 heavy (non-hydrogen) atoms. The number of ether oxygens (including phenoxy) is 2. The summed E-state index contributed by atoms with van der Waals surface area (Å²) in [6.07, 6.45) is 14.1. The van der Waals surface area contributed by atoms with Crippen LogP contribution in [-0.2, 0) is 9.63 Å². The predicted molar refractivity (Wildman–Crippen MR) is 161 cm³/mol. The van der Waals surface area contributed by atoms with Gasteiger partial charge in [-0.15, -0.1) is 0 Å². The Bertz CT molecular complexity index is 1250. The second-order valence-corrected chi connectivity index (χ2v) is 13.9. The van der Waals surface area contributed by atoms with Crippen LogP contribution in [-0.4, -0.2) is 36.4 Å². The molecule has 1 aromatic rings. The highest BCUT2D eigenvalue weighted by Gasteiger charge is 2.59. The molecule has 6 nitrogen and oxygen atoms in total. The molecule has 0 bridgehead atoms. The van der Waals surface area contributed by atoms with Gasteiger partial charge < -0.3 is 19.4 Å². The van der Waals surface area contributed by atoms with E-state index in [1.807, 2.05) is 24.3 Å². The highest BCUT2D eigenvalue weighted by molar-refractivity contribution is 5.92. The van der Waals surface area contributed by atoms with E-state index in [0.717, 1.165) is 73.0 Å². The number of nitrogens with zero attached hydrogens (tertiary/aromatic N) is 1. The number of oxime groups is 1. The second kappa shape index (κ2) is 11.2. The Hall–Kier alpha value is -2.60. The molecule has 5 aliphatic rings. The number of carbonyl (C=O) groups excluding carboxylic acids is 1. The maximum atomic E-state index is 12.7. The van der Waals surface area contributed by atoms with E-state index >= 15 is 0 Å². The van der Waals surface area contributed by atoms with Gasteiger partial charge in [0.2, 0.25) is 0 Å². The van der Waals surface area contributed by atoms with Gasteiger partial charge in [-0.1, -0.05) is 25.6 Å². The van der Waals surface area contributed by atoms with Gasteiger partial charge in [0.1, 0.15) is 17.3 Å². The SMILES string of the molecule is C=C1C=C(CCCC(=O)CO/N=C2/CC[C@H]3[C@@H]4CC[C@H]5C[C@H](O)CC[C@]5(C)[C@H]4CC[C@]23C)c2ccc(OC)cc2O1. The van der Waals surface area contributed by atoms with Crippen LogP contribution in [0.5, 0.6) is 11.5 Å². The molecule has 0 spiro atoms. The lowest BCUT2D eigenvalue weighted by molar-refractivity contribution is -0.123. The van der Waals surface area contributed by atoms with Gasteiger partial charge in [0.15, 0.2) is 12.4 Å². The van der Waals surface area contributed by atoms with Crippen molar-refractivity contribution in [2.75, 3.05) is 13.7 Å². The summed E-state index contributed by atoms with van der Waals surface area (Å²) in [6.45, 7) is 8.96. The van der Waals surface area contributed by atoms with E-state index in [1.54, 1.807) is 7.11 Å². The number of fused-ring (bicyclic) bond motifs is 6. The molecule has 222 valence electrons. The summed E-state index contributed by atoms with van der Waals surface area (Å²) in [5, 5.41) is 14.9. The normalized spacial score (nSPS) is 36.8. The van der Waals surface area contributed by atoms with Crippen molar-refractivity contribution in [1.29, 1.82) is 0 Å². The summed E-state index contributed by atoms with van der Waals surface area (Å²) in [5.74, 6) is 5.04. The third kappa shape index (κ3) is 5.26. The van der Waals surface area contributed by atoms with E-state index < -0.39 is 0 Å². The van der Waals surface area contributed by atoms with Crippen molar-refractivity contribution in [3.8, 4) is 11.5 Å². The first-order valence-electron chi connectivity index (χ1n) is 15.9. The molecule has 6 heteroatoms. The molecule has 1 heterocycles. The van der Waals surface area contributed by atoms with Gasteiger partial charge in [-0.25, -0.2) is 0 Å². The number of ketones is 1.